The third-order valence-electron chi connectivity index (χ3n) is 2.22. The molecule has 0 aromatic carbocycles. The number of hydrogen-bond acceptors (Lipinski definition) is 0. The van der Waals surface area contributed by atoms with E-state index in [1.807, 2.05) is 0 Å². The molecule has 2 aliphatic carbocycles. The molecule has 2 aliphatic rings. The van der Waals surface area contributed by atoms with Gasteiger partial charge in [-0.25, -0.2) is 0 Å². The monoisotopic (exact) mass is 177 g/mol. The second kappa shape index (κ2) is 3.40. The van der Waals surface area contributed by atoms with Crippen molar-refractivity contribution < 1.29 is 15.1 Å². The SMILES string of the molecule is [2H]C1([2H])CC2C([2H])([2H])C(C)C([2H])([2H])C([2H])([2H])C2([2H])C([2H])([2H])C1C. The van der Waals surface area contributed by atoms with Crippen molar-refractivity contribution in [1.29, 1.82) is 0 Å². The molecule has 0 saturated heterocycles. The zero-order valence-corrected chi connectivity index (χ0v) is 7.44. The summed E-state index contributed by atoms with van der Waals surface area (Å²) in [7, 11) is 0. The average Bonchev–Trinajstić information content (AvgIpc) is 2.38. The Morgan fingerprint density at radius 1 is 1.08 bits per heavy atom. The van der Waals surface area contributed by atoms with E-state index in [9.17, 15) is 0 Å². The molecule has 70 valence electrons. The first kappa shape index (κ1) is 2.52. The van der Waals surface area contributed by atoms with Gasteiger partial charge in [0.1, 0.15) is 0 Å². The fourth-order valence-corrected chi connectivity index (χ4v) is 1.58. The predicted octanol–water partition coefficient (Wildman–Crippen LogP) is 3.86. The molecule has 0 radical (unpaired) electrons. The van der Waals surface area contributed by atoms with E-state index in [4.69, 9.17) is 15.1 Å². The maximum absolute atomic E-state index is 8.59. The number of fused-ring (bicyclic) bond motifs is 1. The molecular weight excluding hydrogens is 144 g/mol. The minimum absolute atomic E-state index is 0.510. The van der Waals surface area contributed by atoms with Gasteiger partial charge in [-0.2, -0.15) is 0 Å². The summed E-state index contributed by atoms with van der Waals surface area (Å²) >= 11 is 0. The Bertz CT molecular complexity index is 511. The Labute approximate surface area is 92.2 Å². The van der Waals surface area contributed by atoms with E-state index < -0.39 is 61.9 Å². The van der Waals surface area contributed by atoms with Crippen molar-refractivity contribution >= 4 is 0 Å². The minimum atomic E-state index is -2.97. The van der Waals surface area contributed by atoms with Gasteiger partial charge in [-0.1, -0.05) is 26.6 Å². The highest BCUT2D eigenvalue weighted by Crippen LogP contribution is 2.44. The van der Waals surface area contributed by atoms with Crippen molar-refractivity contribution in [2.45, 2.75) is 52.1 Å². The first-order chi connectivity index (χ1) is 9.90. The van der Waals surface area contributed by atoms with Gasteiger partial charge in [-0.05, 0) is 49.2 Å². The molecule has 12 heavy (non-hydrogen) atoms. The van der Waals surface area contributed by atoms with E-state index in [-0.39, 0.29) is 0 Å². The molecule has 0 spiro atoms. The van der Waals surface area contributed by atoms with Crippen LogP contribution >= 0.6 is 0 Å². The van der Waals surface area contributed by atoms with Crippen LogP contribution in [0.1, 0.15) is 67.2 Å². The summed E-state index contributed by atoms with van der Waals surface area (Å²) in [5.41, 5.74) is 0. The molecule has 0 bridgehead atoms. The van der Waals surface area contributed by atoms with Crippen molar-refractivity contribution in [3.63, 3.8) is 0 Å². The highest BCUT2D eigenvalue weighted by atomic mass is 14.4. The first-order valence-corrected chi connectivity index (χ1v) is 4.40. The van der Waals surface area contributed by atoms with Crippen LogP contribution in [0.25, 0.3) is 0 Å². The fraction of sp³-hybridized carbons (Fsp3) is 1.00. The molecule has 2 fully saturated rings. The lowest BCUT2D eigenvalue weighted by Gasteiger charge is -2.40. The fourth-order valence-electron chi connectivity index (χ4n) is 1.58. The van der Waals surface area contributed by atoms with Crippen LogP contribution in [-0.2, 0) is 0 Å². The average molecular weight is 177 g/mol. The molecule has 0 nitrogen and oxygen atoms in total. The van der Waals surface area contributed by atoms with Crippen molar-refractivity contribution in [2.75, 3.05) is 0 Å². The third-order valence-corrected chi connectivity index (χ3v) is 2.22. The molecule has 2 rings (SSSR count). The molecular formula is C12H22. The van der Waals surface area contributed by atoms with E-state index in [0.29, 0.717) is 0 Å². The van der Waals surface area contributed by atoms with Gasteiger partial charge in [0.2, 0.25) is 0 Å². The van der Waals surface area contributed by atoms with Crippen molar-refractivity contribution in [3.05, 3.63) is 0 Å². The molecule has 0 heterocycles. The molecule has 0 heteroatoms. The number of hydrogen-bond donors (Lipinski definition) is 0. The van der Waals surface area contributed by atoms with E-state index in [2.05, 4.69) is 0 Å². The maximum atomic E-state index is 8.59. The zero-order valence-electron chi connectivity index (χ0n) is 18.4. The normalized spacial score (nSPS) is 89.2. The molecule has 0 aliphatic heterocycles. The molecule has 0 N–H and O–H groups in total. The highest BCUT2D eigenvalue weighted by molar-refractivity contribution is 4.83. The summed E-state index contributed by atoms with van der Waals surface area (Å²) in [5.74, 6) is -7.12. The quantitative estimate of drug-likeness (QED) is 0.527. The summed E-state index contributed by atoms with van der Waals surface area (Å²) in [6.07, 6.45) is -13.5. The molecule has 4 unspecified atom stereocenters. The van der Waals surface area contributed by atoms with Gasteiger partial charge in [0.25, 0.3) is 0 Å². The van der Waals surface area contributed by atoms with Crippen LogP contribution in [-0.4, -0.2) is 0 Å². The topological polar surface area (TPSA) is 0 Å². The van der Waals surface area contributed by atoms with E-state index >= 15 is 0 Å². The van der Waals surface area contributed by atoms with Crippen LogP contribution in [0.5, 0.6) is 0 Å². The Morgan fingerprint density at radius 2 is 1.83 bits per heavy atom. The highest BCUT2D eigenvalue weighted by Gasteiger charge is 2.32. The smallest absolute Gasteiger partial charge is 0.0306 e. The van der Waals surface area contributed by atoms with Gasteiger partial charge in [0, 0.05) is 15.1 Å². The van der Waals surface area contributed by atoms with Crippen LogP contribution in [0, 0.1) is 23.6 Å². The van der Waals surface area contributed by atoms with Gasteiger partial charge < -0.3 is 0 Å². The van der Waals surface area contributed by atoms with E-state index in [0.717, 1.165) is 0 Å². The summed E-state index contributed by atoms with van der Waals surface area (Å²) in [6.45, 7) is 2.45. The Balaban J connectivity index is 2.81. The van der Waals surface area contributed by atoms with Gasteiger partial charge in [0.05, 0.1) is 0 Å². The molecule has 2 saturated carbocycles. The van der Waals surface area contributed by atoms with E-state index in [1.165, 1.54) is 13.8 Å². The summed E-state index contributed by atoms with van der Waals surface area (Å²) in [6, 6.07) is 0. The summed E-state index contributed by atoms with van der Waals surface area (Å²) < 4.78 is 90.2. The Kier molecular flexibility index (Phi) is 0.713. The van der Waals surface area contributed by atoms with Gasteiger partial charge in [0.15, 0.2) is 0 Å². The van der Waals surface area contributed by atoms with Crippen molar-refractivity contribution in [2.24, 2.45) is 23.6 Å². The number of rotatable bonds is 0. The molecule has 0 amide bonds. The maximum Gasteiger partial charge on any atom is 0.0306 e. The Hall–Kier alpha value is 0. The van der Waals surface area contributed by atoms with Crippen LogP contribution in [0.4, 0.5) is 0 Å². The second-order valence-electron chi connectivity index (χ2n) is 3.40. The molecule has 0 aromatic heterocycles. The summed E-state index contributed by atoms with van der Waals surface area (Å²) in [5, 5.41) is 0. The van der Waals surface area contributed by atoms with Crippen LogP contribution in [0.3, 0.4) is 0 Å². The zero-order chi connectivity index (χ0) is 18.4. The van der Waals surface area contributed by atoms with Crippen LogP contribution < -0.4 is 0 Å². The Morgan fingerprint density at radius 3 is 2.67 bits per heavy atom. The van der Waals surface area contributed by atoms with E-state index in [1.54, 1.807) is 0 Å². The molecule has 0 aromatic rings. The van der Waals surface area contributed by atoms with Gasteiger partial charge in [-0.3, -0.25) is 0 Å². The lowest BCUT2D eigenvalue weighted by Crippen LogP contribution is -2.29. The first-order valence-electron chi connectivity index (χ1n) is 9.90. The van der Waals surface area contributed by atoms with Crippen molar-refractivity contribution in [1.82, 2.24) is 0 Å². The van der Waals surface area contributed by atoms with Crippen molar-refractivity contribution in [3.8, 4) is 0 Å². The minimum Gasteiger partial charge on any atom is -0.0625 e. The van der Waals surface area contributed by atoms with Gasteiger partial charge >= 0.3 is 0 Å². The summed E-state index contributed by atoms with van der Waals surface area (Å²) in [4.78, 5) is 0. The van der Waals surface area contributed by atoms with Crippen LogP contribution in [0.15, 0.2) is 0 Å². The largest absolute Gasteiger partial charge is 0.0625 e. The predicted molar refractivity (Wildman–Crippen MR) is 53.0 cm³/mol. The lowest BCUT2D eigenvalue weighted by molar-refractivity contribution is 0.109. The van der Waals surface area contributed by atoms with Crippen LogP contribution in [0.2, 0.25) is 0 Å². The third kappa shape index (κ3) is 1.67. The standard InChI is InChI=1S/C12H22/c1-9-3-5-12-8-10(2)4-6-11(12)7-9/h9-12H,3-8H2,1-2H3/i3D2,4D2,5D2,7D2,8D2,12D. The molecule has 4 atom stereocenters. The lowest BCUT2D eigenvalue weighted by atomic mass is 9.65. The van der Waals surface area contributed by atoms with Gasteiger partial charge in [-0.15, -0.1) is 0 Å². The second-order valence-corrected chi connectivity index (χ2v) is 3.40.